The summed E-state index contributed by atoms with van der Waals surface area (Å²) in [6, 6.07) is 1.93. The molecule has 0 unspecified atom stereocenters. The summed E-state index contributed by atoms with van der Waals surface area (Å²) < 4.78 is 40.0. The Bertz CT molecular complexity index is 1120. The molecule has 174 valence electrons. The molecule has 1 fully saturated rings. The maximum atomic E-state index is 13.7. The quantitative estimate of drug-likeness (QED) is 0.384. The summed E-state index contributed by atoms with van der Waals surface area (Å²) >= 11 is 0. The van der Waals surface area contributed by atoms with Gasteiger partial charge in [-0.25, -0.2) is 13.2 Å². The minimum Gasteiger partial charge on any atom is -0.487 e. The second kappa shape index (κ2) is 8.87. The van der Waals surface area contributed by atoms with E-state index in [4.69, 9.17) is 9.47 Å². The van der Waals surface area contributed by atoms with Crippen LogP contribution < -0.4 is 4.74 Å². The highest BCUT2D eigenvalue weighted by atomic mass is 32.2. The molecule has 32 heavy (non-hydrogen) atoms. The smallest absolute Gasteiger partial charge is 0.348 e. The Labute approximate surface area is 191 Å². The van der Waals surface area contributed by atoms with Crippen LogP contribution in [0.15, 0.2) is 16.0 Å². The van der Waals surface area contributed by atoms with Gasteiger partial charge in [-0.1, -0.05) is 0 Å². The number of fused-ring (bicyclic) bond motifs is 1. The fourth-order valence-electron chi connectivity index (χ4n) is 4.58. The molecule has 1 aromatic rings. The van der Waals surface area contributed by atoms with E-state index >= 15 is 0 Å². The van der Waals surface area contributed by atoms with Crippen molar-refractivity contribution in [3.63, 3.8) is 0 Å². The normalized spacial score (nSPS) is 18.3. The molecule has 2 aliphatic heterocycles. The van der Waals surface area contributed by atoms with Crippen LogP contribution in [0.2, 0.25) is 0 Å². The molecule has 0 amide bonds. The molecule has 0 spiro atoms. The molecule has 1 aromatic carbocycles. The van der Waals surface area contributed by atoms with Crippen molar-refractivity contribution >= 4 is 16.0 Å². The number of hydrogen-bond acceptors (Lipinski definition) is 6. The number of nitrogens with zero attached hydrogens (tertiary/aromatic N) is 2. The molecule has 8 heteroatoms. The molecule has 0 bridgehead atoms. The third kappa shape index (κ3) is 4.28. The Hall–Kier alpha value is -2.37. The lowest BCUT2D eigenvalue weighted by molar-refractivity contribution is -0.138. The van der Waals surface area contributed by atoms with E-state index in [1.807, 2.05) is 26.8 Å². The van der Waals surface area contributed by atoms with Crippen LogP contribution in [0.3, 0.4) is 0 Å². The van der Waals surface area contributed by atoms with Gasteiger partial charge < -0.3 is 9.47 Å². The van der Waals surface area contributed by atoms with Crippen molar-refractivity contribution < 1.29 is 22.7 Å². The van der Waals surface area contributed by atoms with Crippen molar-refractivity contribution in [3.8, 4) is 11.8 Å². The Kier molecular flexibility index (Phi) is 6.73. The molecule has 0 atom stereocenters. The zero-order valence-electron chi connectivity index (χ0n) is 19.8. The molecule has 0 radical (unpaired) electrons. The monoisotopic (exact) mass is 460 g/mol. The molecule has 2 aliphatic rings. The number of hydrogen-bond donors (Lipinski definition) is 0. The standard InChI is InChI=1S/C24H32N2O5S/c1-7-30-23(27)20(14-25)18-9-12-26(13-10-18)32(28,29)22-16(3)15(2)21-19(17(22)4)8-11-24(5,6)31-21/h7-13H2,1-6H3. The minimum absolute atomic E-state index is 0.000600. The zero-order chi connectivity index (χ0) is 23.8. The van der Waals surface area contributed by atoms with Crippen LogP contribution in [-0.4, -0.2) is 44.0 Å². The summed E-state index contributed by atoms with van der Waals surface area (Å²) in [5.74, 6) is 0.174. The third-order valence-electron chi connectivity index (χ3n) is 6.54. The van der Waals surface area contributed by atoms with E-state index in [-0.39, 0.29) is 30.9 Å². The van der Waals surface area contributed by atoms with Gasteiger partial charge in [0.15, 0.2) is 0 Å². The van der Waals surface area contributed by atoms with Gasteiger partial charge in [-0.05, 0) is 95.1 Å². The number of carbonyl (C=O) groups is 1. The second-order valence-electron chi connectivity index (χ2n) is 9.09. The molecular weight excluding hydrogens is 428 g/mol. The lowest BCUT2D eigenvalue weighted by atomic mass is 9.88. The highest BCUT2D eigenvalue weighted by Crippen LogP contribution is 2.43. The maximum absolute atomic E-state index is 13.7. The fourth-order valence-corrected chi connectivity index (χ4v) is 6.55. The van der Waals surface area contributed by atoms with Gasteiger partial charge in [-0.2, -0.15) is 9.57 Å². The molecular formula is C24H32N2O5S. The number of sulfonamides is 1. The number of rotatable bonds is 4. The number of piperidine rings is 1. The highest BCUT2D eigenvalue weighted by Gasteiger charge is 2.36. The molecule has 1 saturated heterocycles. The first-order valence-electron chi connectivity index (χ1n) is 11.1. The molecule has 2 heterocycles. The average molecular weight is 461 g/mol. The first-order chi connectivity index (χ1) is 14.9. The van der Waals surface area contributed by atoms with E-state index in [0.29, 0.717) is 28.9 Å². The van der Waals surface area contributed by atoms with E-state index < -0.39 is 16.0 Å². The fraction of sp³-hybridized carbons (Fsp3) is 0.583. The van der Waals surface area contributed by atoms with Gasteiger partial charge >= 0.3 is 5.97 Å². The first kappa shape index (κ1) is 24.3. The predicted octanol–water partition coefficient (Wildman–Crippen LogP) is 3.88. The van der Waals surface area contributed by atoms with Gasteiger partial charge in [0, 0.05) is 13.1 Å². The van der Waals surface area contributed by atoms with Crippen molar-refractivity contribution in [2.75, 3.05) is 19.7 Å². The largest absolute Gasteiger partial charge is 0.487 e. The first-order valence-corrected chi connectivity index (χ1v) is 12.5. The minimum atomic E-state index is -3.74. The van der Waals surface area contributed by atoms with Crippen LogP contribution in [0.5, 0.6) is 5.75 Å². The summed E-state index contributed by atoms with van der Waals surface area (Å²) in [6.45, 7) is 12.0. The predicted molar refractivity (Wildman–Crippen MR) is 121 cm³/mol. The lowest BCUT2D eigenvalue weighted by Gasteiger charge is -2.36. The van der Waals surface area contributed by atoms with E-state index in [2.05, 4.69) is 13.8 Å². The number of ether oxygens (including phenoxy) is 2. The SMILES string of the molecule is CCOC(=O)C(C#N)=C1CCN(S(=O)(=O)c2c(C)c(C)c3c(c2C)CCC(C)(C)O3)CC1. The van der Waals surface area contributed by atoms with Crippen LogP contribution in [0.1, 0.15) is 62.3 Å². The number of nitriles is 1. The number of benzene rings is 1. The Morgan fingerprint density at radius 1 is 1.12 bits per heavy atom. The summed E-state index contributed by atoms with van der Waals surface area (Å²) in [7, 11) is -3.74. The van der Waals surface area contributed by atoms with Gasteiger partial charge in [0.1, 0.15) is 23.0 Å². The summed E-state index contributed by atoms with van der Waals surface area (Å²) in [5.41, 5.74) is 3.68. The Morgan fingerprint density at radius 2 is 1.75 bits per heavy atom. The van der Waals surface area contributed by atoms with Gasteiger partial charge in [-0.3, -0.25) is 0 Å². The van der Waals surface area contributed by atoms with Crippen LogP contribution >= 0.6 is 0 Å². The molecule has 0 aliphatic carbocycles. The van der Waals surface area contributed by atoms with Crippen molar-refractivity contribution in [1.82, 2.24) is 4.31 Å². The van der Waals surface area contributed by atoms with E-state index in [1.165, 1.54) is 4.31 Å². The van der Waals surface area contributed by atoms with Crippen LogP contribution in [-0.2, 0) is 26.0 Å². The molecule has 0 saturated carbocycles. The van der Waals surface area contributed by atoms with Gasteiger partial charge in [-0.15, -0.1) is 0 Å². The highest BCUT2D eigenvalue weighted by molar-refractivity contribution is 7.89. The van der Waals surface area contributed by atoms with Crippen LogP contribution in [0, 0.1) is 32.1 Å². The van der Waals surface area contributed by atoms with Crippen molar-refractivity contribution in [2.24, 2.45) is 0 Å². The average Bonchev–Trinajstić information content (AvgIpc) is 2.72. The summed E-state index contributed by atoms with van der Waals surface area (Å²) in [4.78, 5) is 12.4. The molecule has 7 nitrogen and oxygen atoms in total. The lowest BCUT2D eigenvalue weighted by Crippen LogP contribution is -2.38. The number of esters is 1. The van der Waals surface area contributed by atoms with Crippen LogP contribution in [0.4, 0.5) is 0 Å². The van der Waals surface area contributed by atoms with Gasteiger partial charge in [0.25, 0.3) is 0 Å². The summed E-state index contributed by atoms with van der Waals surface area (Å²) in [5, 5.41) is 9.38. The molecule has 3 rings (SSSR count). The summed E-state index contributed by atoms with van der Waals surface area (Å²) in [6.07, 6.45) is 2.27. The Morgan fingerprint density at radius 3 is 2.31 bits per heavy atom. The van der Waals surface area contributed by atoms with Crippen LogP contribution in [0.25, 0.3) is 0 Å². The van der Waals surface area contributed by atoms with E-state index in [9.17, 15) is 18.5 Å². The molecule has 0 aromatic heterocycles. The van der Waals surface area contributed by atoms with Crippen molar-refractivity contribution in [1.29, 1.82) is 5.26 Å². The van der Waals surface area contributed by atoms with Crippen molar-refractivity contribution in [2.45, 2.75) is 77.7 Å². The zero-order valence-corrected chi connectivity index (χ0v) is 20.6. The molecule has 0 N–H and O–H groups in total. The second-order valence-corrected chi connectivity index (χ2v) is 11.0. The topological polar surface area (TPSA) is 96.7 Å². The van der Waals surface area contributed by atoms with Gasteiger partial charge in [0.2, 0.25) is 10.0 Å². The van der Waals surface area contributed by atoms with E-state index in [1.54, 1.807) is 6.92 Å². The van der Waals surface area contributed by atoms with E-state index in [0.717, 1.165) is 35.3 Å². The van der Waals surface area contributed by atoms with Gasteiger partial charge in [0.05, 0.1) is 11.5 Å². The Balaban J connectivity index is 1.95. The third-order valence-corrected chi connectivity index (χ3v) is 8.71. The maximum Gasteiger partial charge on any atom is 0.348 e. The number of carbonyl (C=O) groups excluding carboxylic acids is 1. The van der Waals surface area contributed by atoms with Crippen molar-refractivity contribution in [3.05, 3.63) is 33.4 Å².